The number of fused-ring (bicyclic) bond motifs is 1. The smallest absolute Gasteiger partial charge is 0.329 e. The predicted octanol–water partition coefficient (Wildman–Crippen LogP) is 2.06. The van der Waals surface area contributed by atoms with Crippen molar-refractivity contribution in [3.05, 3.63) is 38.3 Å². The molecular formula is C22H28FN5O3. The van der Waals surface area contributed by atoms with Crippen molar-refractivity contribution in [2.45, 2.75) is 44.7 Å². The van der Waals surface area contributed by atoms with Crippen molar-refractivity contribution in [3.63, 3.8) is 0 Å². The fourth-order valence-corrected chi connectivity index (χ4v) is 4.88. The molecule has 1 aromatic carbocycles. The van der Waals surface area contributed by atoms with E-state index in [0.717, 1.165) is 32.4 Å². The van der Waals surface area contributed by atoms with Crippen molar-refractivity contribution in [3.8, 4) is 11.8 Å². The van der Waals surface area contributed by atoms with E-state index in [2.05, 4.69) is 21.3 Å². The molecule has 0 radical (unpaired) electrons. The average molecular weight is 429 g/mol. The summed E-state index contributed by atoms with van der Waals surface area (Å²) in [5, 5.41) is 12.6. The predicted molar refractivity (Wildman–Crippen MR) is 115 cm³/mol. The van der Waals surface area contributed by atoms with Crippen LogP contribution in [0.15, 0.2) is 15.7 Å². The van der Waals surface area contributed by atoms with Gasteiger partial charge >= 0.3 is 5.69 Å². The van der Waals surface area contributed by atoms with Gasteiger partial charge in [-0.3, -0.25) is 19.2 Å². The molecule has 1 aliphatic heterocycles. The second-order valence-corrected chi connectivity index (χ2v) is 8.30. The van der Waals surface area contributed by atoms with Crippen molar-refractivity contribution in [1.82, 2.24) is 19.8 Å². The molecule has 2 N–H and O–H groups in total. The Morgan fingerprint density at radius 3 is 2.74 bits per heavy atom. The lowest BCUT2D eigenvalue weighted by molar-refractivity contribution is 0.151. The van der Waals surface area contributed by atoms with Crippen molar-refractivity contribution in [2.24, 2.45) is 5.92 Å². The van der Waals surface area contributed by atoms with Gasteiger partial charge in [0, 0.05) is 30.6 Å². The molecule has 2 aromatic rings. The number of ether oxygens (including phenoxy) is 1. The van der Waals surface area contributed by atoms with Gasteiger partial charge in [0.2, 0.25) is 0 Å². The number of halogens is 1. The average Bonchev–Trinajstić information content (AvgIpc) is 3.44. The first-order valence-corrected chi connectivity index (χ1v) is 10.9. The fraction of sp³-hybridized carbons (Fsp3) is 0.591. The van der Waals surface area contributed by atoms with Crippen molar-refractivity contribution >= 4 is 10.9 Å². The van der Waals surface area contributed by atoms with E-state index in [1.165, 1.54) is 13.2 Å². The van der Waals surface area contributed by atoms with Gasteiger partial charge < -0.3 is 10.1 Å². The molecule has 2 aliphatic rings. The molecule has 0 amide bonds. The minimum absolute atomic E-state index is 0.0217. The lowest BCUT2D eigenvalue weighted by atomic mass is 9.88. The van der Waals surface area contributed by atoms with Crippen molar-refractivity contribution in [2.75, 3.05) is 33.3 Å². The third-order valence-corrected chi connectivity index (χ3v) is 6.44. The third-order valence-electron chi connectivity index (χ3n) is 6.44. The highest BCUT2D eigenvalue weighted by Crippen LogP contribution is 2.44. The molecule has 2 unspecified atom stereocenters. The van der Waals surface area contributed by atoms with Gasteiger partial charge in [-0.2, -0.15) is 5.26 Å². The van der Waals surface area contributed by atoms with Crippen LogP contribution < -0.4 is 21.3 Å². The van der Waals surface area contributed by atoms with Crippen molar-refractivity contribution < 1.29 is 9.13 Å². The number of hydrogen-bond donors (Lipinski definition) is 2. The van der Waals surface area contributed by atoms with Crippen LogP contribution in [0.25, 0.3) is 10.9 Å². The van der Waals surface area contributed by atoms with E-state index in [-0.39, 0.29) is 29.1 Å². The summed E-state index contributed by atoms with van der Waals surface area (Å²) < 4.78 is 23.0. The van der Waals surface area contributed by atoms with E-state index in [9.17, 15) is 9.59 Å². The monoisotopic (exact) mass is 429 g/mol. The van der Waals surface area contributed by atoms with Gasteiger partial charge in [0.05, 0.1) is 18.6 Å². The van der Waals surface area contributed by atoms with Gasteiger partial charge in [0.1, 0.15) is 11.3 Å². The second kappa shape index (κ2) is 8.81. The Morgan fingerprint density at radius 1 is 1.39 bits per heavy atom. The van der Waals surface area contributed by atoms with Crippen LogP contribution in [-0.4, -0.2) is 47.7 Å². The number of hydrogen-bond acceptors (Lipinski definition) is 6. The molecule has 2 heterocycles. The molecular weight excluding hydrogens is 401 g/mol. The normalized spacial score (nSPS) is 19.6. The van der Waals surface area contributed by atoms with Crippen LogP contribution in [0.5, 0.6) is 5.75 Å². The van der Waals surface area contributed by atoms with Gasteiger partial charge in [0.15, 0.2) is 5.75 Å². The van der Waals surface area contributed by atoms with E-state index in [4.69, 9.17) is 10.00 Å². The summed E-state index contributed by atoms with van der Waals surface area (Å²) in [6, 6.07) is 3.05. The maximum Gasteiger partial charge on any atom is 0.329 e. The third kappa shape index (κ3) is 3.86. The number of nitriles is 1. The Bertz CT molecular complexity index is 1130. The maximum atomic E-state index is 15.7. The van der Waals surface area contributed by atoms with E-state index in [0.29, 0.717) is 30.6 Å². The largest absolute Gasteiger partial charge is 0.494 e. The summed E-state index contributed by atoms with van der Waals surface area (Å²) in [4.78, 5) is 29.6. The Balaban J connectivity index is 2.01. The standard InChI is InChI=1S/C22H28FN5O3/c1-3-27(10-4-8-24)18(13-7-9-25-12-13)17-16(23)11-15-19(20(17)31-2)28(14-5-6-14)22(30)26-21(15)29/h11,13-14,18,25H,3-7,9-10,12H2,1-2H3,(H,26,29,30). The number of methoxy groups -OCH3 is 1. The number of nitrogens with one attached hydrogen (secondary N) is 2. The lowest BCUT2D eigenvalue weighted by Gasteiger charge is -2.36. The molecule has 0 bridgehead atoms. The minimum Gasteiger partial charge on any atom is -0.494 e. The lowest BCUT2D eigenvalue weighted by Crippen LogP contribution is -2.37. The van der Waals surface area contributed by atoms with Crippen LogP contribution >= 0.6 is 0 Å². The van der Waals surface area contributed by atoms with E-state index >= 15 is 4.39 Å². The highest BCUT2D eigenvalue weighted by molar-refractivity contribution is 5.86. The van der Waals surface area contributed by atoms with E-state index in [1.807, 2.05) is 6.92 Å². The van der Waals surface area contributed by atoms with Crippen LogP contribution in [0.3, 0.4) is 0 Å². The van der Waals surface area contributed by atoms with Crippen LogP contribution in [0.1, 0.15) is 50.3 Å². The second-order valence-electron chi connectivity index (χ2n) is 8.30. The summed E-state index contributed by atoms with van der Waals surface area (Å²) in [7, 11) is 1.45. The molecule has 1 aliphatic carbocycles. The Morgan fingerprint density at radius 2 is 2.16 bits per heavy atom. The topological polar surface area (TPSA) is 103 Å². The highest BCUT2D eigenvalue weighted by atomic mass is 19.1. The molecule has 9 heteroatoms. The molecule has 31 heavy (non-hydrogen) atoms. The molecule has 2 atom stereocenters. The maximum absolute atomic E-state index is 15.7. The van der Waals surface area contributed by atoms with Gasteiger partial charge in [-0.1, -0.05) is 6.92 Å². The number of aromatic amines is 1. The van der Waals surface area contributed by atoms with Crippen LogP contribution in [0, 0.1) is 23.1 Å². The van der Waals surface area contributed by atoms with Gasteiger partial charge in [0.25, 0.3) is 5.56 Å². The Hall–Kier alpha value is -2.70. The molecule has 1 aromatic heterocycles. The number of H-pyrrole nitrogens is 1. The summed E-state index contributed by atoms with van der Waals surface area (Å²) >= 11 is 0. The van der Waals surface area contributed by atoms with E-state index in [1.54, 1.807) is 4.57 Å². The number of nitrogens with zero attached hydrogens (tertiary/aromatic N) is 3. The summed E-state index contributed by atoms with van der Waals surface area (Å²) in [6.07, 6.45) is 2.85. The van der Waals surface area contributed by atoms with Crippen LogP contribution in [0.2, 0.25) is 0 Å². The Labute approximate surface area is 179 Å². The molecule has 2 fully saturated rings. The number of benzene rings is 1. The SMILES string of the molecule is CCN(CCC#N)C(c1c(F)cc2c(=O)[nH]c(=O)n(C3CC3)c2c1OC)C1CCNC1. The first-order valence-electron chi connectivity index (χ1n) is 10.9. The molecule has 4 rings (SSSR count). The van der Waals surface area contributed by atoms with Gasteiger partial charge in [-0.05, 0) is 50.9 Å². The number of rotatable bonds is 8. The van der Waals surface area contributed by atoms with Crippen LogP contribution in [0.4, 0.5) is 4.39 Å². The van der Waals surface area contributed by atoms with Crippen LogP contribution in [-0.2, 0) is 0 Å². The molecule has 8 nitrogen and oxygen atoms in total. The Kier molecular flexibility index (Phi) is 6.12. The fourth-order valence-electron chi connectivity index (χ4n) is 4.88. The summed E-state index contributed by atoms with van der Waals surface area (Å²) in [5.41, 5.74) is -0.381. The zero-order valence-corrected chi connectivity index (χ0v) is 17.9. The quantitative estimate of drug-likeness (QED) is 0.666. The van der Waals surface area contributed by atoms with Gasteiger partial charge in [-0.25, -0.2) is 9.18 Å². The van der Waals surface area contributed by atoms with E-state index < -0.39 is 17.1 Å². The van der Waals surface area contributed by atoms with Gasteiger partial charge in [-0.15, -0.1) is 0 Å². The first kappa shape index (κ1) is 21.5. The molecule has 166 valence electrons. The highest BCUT2D eigenvalue weighted by Gasteiger charge is 2.37. The first-order chi connectivity index (χ1) is 15.0. The molecule has 0 spiro atoms. The summed E-state index contributed by atoms with van der Waals surface area (Å²) in [5.74, 6) is -0.164. The van der Waals surface area contributed by atoms with Crippen molar-refractivity contribution in [1.29, 1.82) is 5.26 Å². The molecule has 1 saturated heterocycles. The number of aromatic nitrogens is 2. The zero-order valence-electron chi connectivity index (χ0n) is 17.9. The minimum atomic E-state index is -0.614. The summed E-state index contributed by atoms with van der Waals surface area (Å²) in [6.45, 7) is 4.68. The zero-order chi connectivity index (χ0) is 22.1. The molecule has 1 saturated carbocycles.